The van der Waals surface area contributed by atoms with Crippen molar-refractivity contribution in [1.29, 1.82) is 0 Å². The van der Waals surface area contributed by atoms with Gasteiger partial charge < -0.3 is 10.2 Å². The molecule has 2 amide bonds. The van der Waals surface area contributed by atoms with Crippen molar-refractivity contribution in [2.75, 3.05) is 19.6 Å². The van der Waals surface area contributed by atoms with Gasteiger partial charge in [0.25, 0.3) is 11.6 Å². The predicted octanol–water partition coefficient (Wildman–Crippen LogP) is 2.95. The molecule has 3 rings (SSSR count). The number of likely N-dealkylation sites (tertiary alicyclic amines) is 1. The van der Waals surface area contributed by atoms with Gasteiger partial charge in [-0.1, -0.05) is 24.3 Å². The smallest absolute Gasteiger partial charge is 0.269 e. The molecule has 2 aromatic carbocycles. The number of carbonyl (C=O) groups excluding carboxylic acids is 2. The van der Waals surface area contributed by atoms with E-state index in [4.69, 9.17) is 0 Å². The van der Waals surface area contributed by atoms with Gasteiger partial charge in [-0.3, -0.25) is 19.7 Å². The molecule has 1 heterocycles. The highest BCUT2D eigenvalue weighted by atomic mass is 19.1. The Hall–Kier alpha value is -3.29. The van der Waals surface area contributed by atoms with Crippen LogP contribution in [0.3, 0.4) is 0 Å². The van der Waals surface area contributed by atoms with Crippen LogP contribution >= 0.6 is 0 Å². The van der Waals surface area contributed by atoms with E-state index in [0.29, 0.717) is 25.2 Å². The van der Waals surface area contributed by atoms with Gasteiger partial charge in [0.15, 0.2) is 0 Å². The minimum atomic E-state index is -0.516. The molecule has 1 aliphatic heterocycles. The molecule has 152 valence electrons. The summed E-state index contributed by atoms with van der Waals surface area (Å²) in [5.74, 6) is -0.717. The van der Waals surface area contributed by atoms with Gasteiger partial charge in [0.1, 0.15) is 5.82 Å². The largest absolute Gasteiger partial charge is 0.356 e. The highest BCUT2D eigenvalue weighted by Gasteiger charge is 2.25. The average Bonchev–Trinajstić information content (AvgIpc) is 2.73. The van der Waals surface area contributed by atoms with E-state index in [0.717, 1.165) is 12.8 Å². The summed E-state index contributed by atoms with van der Waals surface area (Å²) in [5.41, 5.74) is 0.784. The van der Waals surface area contributed by atoms with Gasteiger partial charge in [-0.2, -0.15) is 0 Å². The maximum absolute atomic E-state index is 13.8. The number of halogens is 1. The molecule has 1 fully saturated rings. The van der Waals surface area contributed by atoms with Gasteiger partial charge in [-0.05, 0) is 36.5 Å². The number of nitrogens with zero attached hydrogens (tertiary/aromatic N) is 2. The number of non-ortho nitro benzene ring substituents is 1. The molecule has 1 N–H and O–H groups in total. The van der Waals surface area contributed by atoms with Crippen molar-refractivity contribution < 1.29 is 18.9 Å². The Labute approximate surface area is 167 Å². The maximum Gasteiger partial charge on any atom is 0.269 e. The maximum atomic E-state index is 13.8. The molecule has 0 bridgehead atoms. The Morgan fingerprint density at radius 2 is 1.76 bits per heavy atom. The molecular weight excluding hydrogens is 377 g/mol. The standard InChI is InChI=1S/C21H22FN3O4/c22-19-4-2-1-3-18(19)21(27)24-11-9-16(10-12-24)14-23-20(26)13-15-5-7-17(8-6-15)25(28)29/h1-8,16H,9-14H2,(H,23,26). The number of nitro benzene ring substituents is 1. The van der Waals surface area contributed by atoms with E-state index in [-0.39, 0.29) is 35.4 Å². The van der Waals surface area contributed by atoms with Crippen LogP contribution in [-0.4, -0.2) is 41.3 Å². The van der Waals surface area contributed by atoms with Gasteiger partial charge in [0.05, 0.1) is 16.9 Å². The number of nitrogens with one attached hydrogen (secondary N) is 1. The van der Waals surface area contributed by atoms with Crippen LogP contribution in [-0.2, 0) is 11.2 Å². The summed E-state index contributed by atoms with van der Waals surface area (Å²) in [7, 11) is 0. The minimum Gasteiger partial charge on any atom is -0.356 e. The van der Waals surface area contributed by atoms with E-state index in [9.17, 15) is 24.1 Å². The van der Waals surface area contributed by atoms with Gasteiger partial charge in [0, 0.05) is 31.8 Å². The second-order valence-corrected chi connectivity index (χ2v) is 7.12. The van der Waals surface area contributed by atoms with Gasteiger partial charge in [-0.15, -0.1) is 0 Å². The topological polar surface area (TPSA) is 92.5 Å². The van der Waals surface area contributed by atoms with E-state index >= 15 is 0 Å². The van der Waals surface area contributed by atoms with Crippen LogP contribution < -0.4 is 5.32 Å². The van der Waals surface area contributed by atoms with Crippen LogP contribution in [0.5, 0.6) is 0 Å². The van der Waals surface area contributed by atoms with Crippen molar-refractivity contribution >= 4 is 17.5 Å². The summed E-state index contributed by atoms with van der Waals surface area (Å²) in [6, 6.07) is 11.9. The molecule has 0 aromatic heterocycles. The van der Waals surface area contributed by atoms with Gasteiger partial charge >= 0.3 is 0 Å². The average molecular weight is 399 g/mol. The van der Waals surface area contributed by atoms with Crippen LogP contribution in [0, 0.1) is 21.8 Å². The Morgan fingerprint density at radius 1 is 1.10 bits per heavy atom. The second kappa shape index (κ2) is 9.27. The number of hydrogen-bond acceptors (Lipinski definition) is 4. The molecule has 2 aromatic rings. The first kappa shape index (κ1) is 20.4. The normalized spacial score (nSPS) is 14.4. The summed E-state index contributed by atoms with van der Waals surface area (Å²) in [4.78, 5) is 36.4. The molecular formula is C21H22FN3O4. The number of nitro groups is 1. The first-order chi connectivity index (χ1) is 13.9. The number of carbonyl (C=O) groups is 2. The van der Waals surface area contributed by atoms with Crippen LogP contribution in [0.1, 0.15) is 28.8 Å². The minimum absolute atomic E-state index is 0.00847. The van der Waals surface area contributed by atoms with Crippen molar-refractivity contribution in [3.05, 3.63) is 75.6 Å². The molecule has 8 heteroatoms. The summed E-state index contributed by atoms with van der Waals surface area (Å²) in [6.07, 6.45) is 1.62. The van der Waals surface area contributed by atoms with Crippen LogP contribution in [0.2, 0.25) is 0 Å². The van der Waals surface area contributed by atoms with E-state index in [1.54, 1.807) is 29.2 Å². The number of benzene rings is 2. The van der Waals surface area contributed by atoms with Crippen LogP contribution in [0.25, 0.3) is 0 Å². The van der Waals surface area contributed by atoms with E-state index in [1.165, 1.54) is 24.3 Å². The van der Waals surface area contributed by atoms with Gasteiger partial charge in [0.2, 0.25) is 5.91 Å². The zero-order valence-corrected chi connectivity index (χ0v) is 15.8. The summed E-state index contributed by atoms with van der Waals surface area (Å²) < 4.78 is 13.8. The lowest BCUT2D eigenvalue weighted by atomic mass is 9.96. The molecule has 0 atom stereocenters. The van der Waals surface area contributed by atoms with Crippen molar-refractivity contribution in [3.8, 4) is 0 Å². The molecule has 0 spiro atoms. The first-order valence-corrected chi connectivity index (χ1v) is 9.48. The third kappa shape index (κ3) is 5.37. The summed E-state index contributed by atoms with van der Waals surface area (Å²) in [5, 5.41) is 13.5. The molecule has 1 aliphatic rings. The quantitative estimate of drug-likeness (QED) is 0.597. The zero-order chi connectivity index (χ0) is 20.8. The fourth-order valence-electron chi connectivity index (χ4n) is 3.39. The number of hydrogen-bond donors (Lipinski definition) is 1. The van der Waals surface area contributed by atoms with Crippen molar-refractivity contribution in [3.63, 3.8) is 0 Å². The summed E-state index contributed by atoms with van der Waals surface area (Å²) in [6.45, 7) is 1.56. The molecule has 0 radical (unpaired) electrons. The van der Waals surface area contributed by atoms with Crippen molar-refractivity contribution in [1.82, 2.24) is 10.2 Å². The lowest BCUT2D eigenvalue weighted by Crippen LogP contribution is -2.42. The van der Waals surface area contributed by atoms with Crippen molar-refractivity contribution in [2.45, 2.75) is 19.3 Å². The fourth-order valence-corrected chi connectivity index (χ4v) is 3.39. The number of rotatable bonds is 6. The highest BCUT2D eigenvalue weighted by Crippen LogP contribution is 2.20. The molecule has 0 aliphatic carbocycles. The van der Waals surface area contributed by atoms with E-state index in [1.807, 2.05) is 0 Å². The molecule has 0 unspecified atom stereocenters. The zero-order valence-electron chi connectivity index (χ0n) is 15.8. The van der Waals surface area contributed by atoms with Gasteiger partial charge in [-0.25, -0.2) is 4.39 Å². The molecule has 0 saturated carbocycles. The summed E-state index contributed by atoms with van der Waals surface area (Å²) >= 11 is 0. The fraction of sp³-hybridized carbons (Fsp3) is 0.333. The Balaban J connectivity index is 1.42. The number of piperidine rings is 1. The second-order valence-electron chi connectivity index (χ2n) is 7.12. The Bertz CT molecular complexity index is 893. The third-order valence-corrected chi connectivity index (χ3v) is 5.11. The van der Waals surface area contributed by atoms with E-state index < -0.39 is 10.7 Å². The highest BCUT2D eigenvalue weighted by molar-refractivity contribution is 5.94. The van der Waals surface area contributed by atoms with Crippen LogP contribution in [0.4, 0.5) is 10.1 Å². The molecule has 7 nitrogen and oxygen atoms in total. The SMILES string of the molecule is O=C(Cc1ccc([N+](=O)[O-])cc1)NCC1CCN(C(=O)c2ccccc2F)CC1. The Kier molecular flexibility index (Phi) is 6.54. The lowest BCUT2D eigenvalue weighted by molar-refractivity contribution is -0.384. The predicted molar refractivity (Wildman–Crippen MR) is 105 cm³/mol. The van der Waals surface area contributed by atoms with E-state index in [2.05, 4.69) is 5.32 Å². The molecule has 29 heavy (non-hydrogen) atoms. The van der Waals surface area contributed by atoms with Crippen LogP contribution in [0.15, 0.2) is 48.5 Å². The Morgan fingerprint density at radius 3 is 2.38 bits per heavy atom. The lowest BCUT2D eigenvalue weighted by Gasteiger charge is -2.32. The molecule has 1 saturated heterocycles. The first-order valence-electron chi connectivity index (χ1n) is 9.48. The third-order valence-electron chi connectivity index (χ3n) is 5.11. The van der Waals surface area contributed by atoms with Crippen molar-refractivity contribution in [2.24, 2.45) is 5.92 Å². The monoisotopic (exact) mass is 399 g/mol. The number of amides is 2.